The van der Waals surface area contributed by atoms with E-state index in [1.807, 2.05) is 0 Å². The van der Waals surface area contributed by atoms with Gasteiger partial charge in [0.25, 0.3) is 0 Å². The Balaban J connectivity index is 0.00000110. The number of piperazine rings is 1. The minimum atomic E-state index is 0. The minimum Gasteiger partial charge on any atom is -0.314 e. The summed E-state index contributed by atoms with van der Waals surface area (Å²) >= 11 is 0. The second-order valence-corrected chi connectivity index (χ2v) is 6.38. The molecule has 2 fully saturated rings. The Kier molecular flexibility index (Phi) is 6.99. The van der Waals surface area contributed by atoms with E-state index in [-0.39, 0.29) is 24.8 Å². The van der Waals surface area contributed by atoms with Gasteiger partial charge in [0, 0.05) is 32.2 Å². The first-order chi connectivity index (χ1) is 9.16. The first-order valence-corrected chi connectivity index (χ1v) is 7.69. The molecule has 1 saturated heterocycles. The Morgan fingerprint density at radius 3 is 2.00 bits per heavy atom. The fourth-order valence-corrected chi connectivity index (χ4v) is 3.75. The van der Waals surface area contributed by atoms with Crippen LogP contribution in [0.3, 0.4) is 0 Å². The molecule has 0 amide bonds. The highest BCUT2D eigenvalue weighted by atomic mass is 35.5. The van der Waals surface area contributed by atoms with Crippen LogP contribution >= 0.6 is 24.8 Å². The summed E-state index contributed by atoms with van der Waals surface area (Å²) < 4.78 is 0. The summed E-state index contributed by atoms with van der Waals surface area (Å²) in [6.07, 6.45) is 2.84. The molecule has 1 saturated carbocycles. The Labute approximate surface area is 141 Å². The molecule has 21 heavy (non-hydrogen) atoms. The smallest absolute Gasteiger partial charge is 0.0382 e. The van der Waals surface area contributed by atoms with Gasteiger partial charge in [0.15, 0.2) is 0 Å². The first kappa shape index (κ1) is 18.8. The van der Waals surface area contributed by atoms with E-state index < -0.39 is 0 Å². The van der Waals surface area contributed by atoms with Crippen molar-refractivity contribution in [2.24, 2.45) is 5.92 Å². The number of aryl methyl sites for hydroxylation is 3. The van der Waals surface area contributed by atoms with Crippen LogP contribution in [0.25, 0.3) is 0 Å². The van der Waals surface area contributed by atoms with Gasteiger partial charge in [-0.15, -0.1) is 24.8 Å². The van der Waals surface area contributed by atoms with Crippen molar-refractivity contribution in [2.45, 2.75) is 39.7 Å². The van der Waals surface area contributed by atoms with E-state index in [0.29, 0.717) is 6.04 Å². The molecule has 1 N–H and O–H groups in total. The van der Waals surface area contributed by atoms with Crippen molar-refractivity contribution in [3.63, 3.8) is 0 Å². The van der Waals surface area contributed by atoms with Gasteiger partial charge in [-0.05, 0) is 56.2 Å². The molecule has 4 heteroatoms. The highest BCUT2D eigenvalue weighted by Crippen LogP contribution is 2.46. The molecule has 0 spiro atoms. The molecule has 0 aromatic heterocycles. The molecule has 2 aliphatic rings. The van der Waals surface area contributed by atoms with Crippen LogP contribution in [0.5, 0.6) is 0 Å². The Bertz CT molecular complexity index is 443. The van der Waals surface area contributed by atoms with E-state index in [9.17, 15) is 0 Å². The molecular formula is C17H28Cl2N2. The maximum atomic E-state index is 3.48. The van der Waals surface area contributed by atoms with Gasteiger partial charge in [-0.1, -0.05) is 17.7 Å². The zero-order chi connectivity index (χ0) is 13.4. The summed E-state index contributed by atoms with van der Waals surface area (Å²) in [6.45, 7) is 11.5. The van der Waals surface area contributed by atoms with E-state index in [0.717, 1.165) is 19.0 Å². The number of hydrogen-bond acceptors (Lipinski definition) is 2. The van der Waals surface area contributed by atoms with Crippen LogP contribution in [0.15, 0.2) is 12.1 Å². The van der Waals surface area contributed by atoms with Crippen LogP contribution < -0.4 is 5.32 Å². The van der Waals surface area contributed by atoms with E-state index >= 15 is 0 Å². The summed E-state index contributed by atoms with van der Waals surface area (Å²) in [4.78, 5) is 2.72. The zero-order valence-corrected chi connectivity index (χ0v) is 14.9. The quantitative estimate of drug-likeness (QED) is 0.906. The SMILES string of the molecule is Cc1cc(C)c([C@@H](C2CC2)N2CCNCC2)c(C)c1.Cl.Cl. The van der Waals surface area contributed by atoms with Crippen LogP contribution in [-0.4, -0.2) is 31.1 Å². The van der Waals surface area contributed by atoms with Crippen molar-refractivity contribution in [1.29, 1.82) is 0 Å². The van der Waals surface area contributed by atoms with E-state index in [2.05, 4.69) is 43.1 Å². The topological polar surface area (TPSA) is 15.3 Å². The van der Waals surface area contributed by atoms with Crippen molar-refractivity contribution < 1.29 is 0 Å². The largest absolute Gasteiger partial charge is 0.314 e. The summed E-state index contributed by atoms with van der Waals surface area (Å²) in [7, 11) is 0. The lowest BCUT2D eigenvalue weighted by atomic mass is 9.90. The molecular weight excluding hydrogens is 303 g/mol. The van der Waals surface area contributed by atoms with Gasteiger partial charge in [0.1, 0.15) is 0 Å². The third-order valence-corrected chi connectivity index (χ3v) is 4.65. The molecule has 0 radical (unpaired) electrons. The minimum absolute atomic E-state index is 0. The van der Waals surface area contributed by atoms with Gasteiger partial charge in [0.2, 0.25) is 0 Å². The third kappa shape index (κ3) is 4.13. The molecule has 3 rings (SSSR count). The first-order valence-electron chi connectivity index (χ1n) is 7.69. The van der Waals surface area contributed by atoms with Gasteiger partial charge in [-0.3, -0.25) is 4.90 Å². The zero-order valence-electron chi connectivity index (χ0n) is 13.3. The van der Waals surface area contributed by atoms with Crippen LogP contribution in [-0.2, 0) is 0 Å². The van der Waals surface area contributed by atoms with Crippen LogP contribution in [0.4, 0.5) is 0 Å². The molecule has 1 atom stereocenters. The van der Waals surface area contributed by atoms with Gasteiger partial charge in [0.05, 0.1) is 0 Å². The van der Waals surface area contributed by atoms with Gasteiger partial charge in [-0.2, -0.15) is 0 Å². The van der Waals surface area contributed by atoms with Crippen molar-refractivity contribution in [3.05, 3.63) is 34.4 Å². The number of hydrogen-bond donors (Lipinski definition) is 1. The molecule has 2 nitrogen and oxygen atoms in total. The normalized spacial score (nSPS) is 20.3. The molecule has 1 aromatic rings. The lowest BCUT2D eigenvalue weighted by Crippen LogP contribution is -2.46. The van der Waals surface area contributed by atoms with Gasteiger partial charge < -0.3 is 5.32 Å². The van der Waals surface area contributed by atoms with Crippen LogP contribution in [0.2, 0.25) is 0 Å². The number of halogens is 2. The van der Waals surface area contributed by atoms with E-state index in [1.54, 1.807) is 5.56 Å². The molecule has 1 aromatic carbocycles. The Hall–Kier alpha value is -0.280. The summed E-state index contributed by atoms with van der Waals surface area (Å²) in [6, 6.07) is 5.39. The van der Waals surface area contributed by atoms with E-state index in [4.69, 9.17) is 0 Å². The van der Waals surface area contributed by atoms with Crippen molar-refractivity contribution in [2.75, 3.05) is 26.2 Å². The number of nitrogens with zero attached hydrogens (tertiary/aromatic N) is 1. The van der Waals surface area contributed by atoms with E-state index in [1.165, 1.54) is 42.6 Å². The summed E-state index contributed by atoms with van der Waals surface area (Å²) in [5.74, 6) is 0.901. The fraction of sp³-hybridized carbons (Fsp3) is 0.647. The monoisotopic (exact) mass is 330 g/mol. The predicted molar refractivity (Wildman–Crippen MR) is 95.1 cm³/mol. The molecule has 120 valence electrons. The summed E-state index contributed by atoms with van der Waals surface area (Å²) in [5, 5.41) is 3.48. The summed E-state index contributed by atoms with van der Waals surface area (Å²) in [5.41, 5.74) is 6.00. The molecule has 1 aliphatic carbocycles. The second kappa shape index (κ2) is 7.82. The molecule has 1 heterocycles. The predicted octanol–water partition coefficient (Wildman–Crippen LogP) is 3.81. The second-order valence-electron chi connectivity index (χ2n) is 6.38. The highest BCUT2D eigenvalue weighted by molar-refractivity contribution is 5.85. The number of nitrogens with one attached hydrogen (secondary N) is 1. The maximum Gasteiger partial charge on any atom is 0.0382 e. The number of rotatable bonds is 3. The number of benzene rings is 1. The standard InChI is InChI=1S/C17H26N2.2ClH/c1-12-10-13(2)16(14(3)11-12)17(15-4-5-15)19-8-6-18-7-9-19;;/h10-11,15,17-18H,4-9H2,1-3H3;2*1H/t17-;;/m1../s1. The van der Waals surface area contributed by atoms with Crippen LogP contribution in [0.1, 0.15) is 41.1 Å². The van der Waals surface area contributed by atoms with Gasteiger partial charge in [-0.25, -0.2) is 0 Å². The average Bonchev–Trinajstić information content (AvgIpc) is 3.18. The maximum absolute atomic E-state index is 3.48. The molecule has 0 bridgehead atoms. The molecule has 1 aliphatic heterocycles. The lowest BCUT2D eigenvalue weighted by molar-refractivity contribution is 0.155. The fourth-order valence-electron chi connectivity index (χ4n) is 3.75. The van der Waals surface area contributed by atoms with Crippen LogP contribution in [0, 0.1) is 26.7 Å². The highest BCUT2D eigenvalue weighted by Gasteiger charge is 2.38. The van der Waals surface area contributed by atoms with Crippen molar-refractivity contribution >= 4 is 24.8 Å². The van der Waals surface area contributed by atoms with Crippen molar-refractivity contribution in [3.8, 4) is 0 Å². The average molecular weight is 331 g/mol. The van der Waals surface area contributed by atoms with Crippen molar-refractivity contribution in [1.82, 2.24) is 10.2 Å². The lowest BCUT2D eigenvalue weighted by Gasteiger charge is -2.37. The Morgan fingerprint density at radius 1 is 1.00 bits per heavy atom. The molecule has 0 unspecified atom stereocenters. The Morgan fingerprint density at radius 2 is 1.52 bits per heavy atom. The third-order valence-electron chi connectivity index (χ3n) is 4.65. The van der Waals surface area contributed by atoms with Gasteiger partial charge >= 0.3 is 0 Å².